The van der Waals surface area contributed by atoms with Crippen molar-refractivity contribution < 1.29 is 0 Å². The number of rotatable bonds is 9. The fraction of sp³-hybridized carbons (Fsp3) is 1.00. The van der Waals surface area contributed by atoms with Crippen molar-refractivity contribution in [3.05, 3.63) is 0 Å². The van der Waals surface area contributed by atoms with E-state index in [4.69, 9.17) is 0 Å². The van der Waals surface area contributed by atoms with Gasteiger partial charge in [0.05, 0.1) is 0 Å². The van der Waals surface area contributed by atoms with Gasteiger partial charge in [-0.3, -0.25) is 9.80 Å². The van der Waals surface area contributed by atoms with Crippen molar-refractivity contribution >= 4 is 0 Å². The fourth-order valence-electron chi connectivity index (χ4n) is 3.34. The van der Waals surface area contributed by atoms with Gasteiger partial charge in [0.2, 0.25) is 0 Å². The van der Waals surface area contributed by atoms with Gasteiger partial charge in [0.1, 0.15) is 0 Å². The number of nitrogens with one attached hydrogen (secondary N) is 1. The standard InChI is InChI=1S/C16H35N3/c1-6-10-17-14(4)12-15(5)19-11-9-16(13-19)18(7-2)8-3/h14-17H,6-13H2,1-5H3. The van der Waals surface area contributed by atoms with E-state index >= 15 is 0 Å². The average molecular weight is 269 g/mol. The Bertz CT molecular complexity index is 228. The summed E-state index contributed by atoms with van der Waals surface area (Å²) in [6.45, 7) is 17.6. The minimum atomic E-state index is 0.641. The Morgan fingerprint density at radius 2 is 1.89 bits per heavy atom. The molecule has 3 atom stereocenters. The second-order valence-electron chi connectivity index (χ2n) is 6.10. The normalized spacial score (nSPS) is 24.0. The molecule has 0 radical (unpaired) electrons. The van der Waals surface area contributed by atoms with Crippen LogP contribution >= 0.6 is 0 Å². The van der Waals surface area contributed by atoms with Gasteiger partial charge in [0.15, 0.2) is 0 Å². The monoisotopic (exact) mass is 269 g/mol. The molecule has 114 valence electrons. The lowest BCUT2D eigenvalue weighted by Crippen LogP contribution is -2.41. The van der Waals surface area contributed by atoms with E-state index in [0.29, 0.717) is 12.1 Å². The van der Waals surface area contributed by atoms with Crippen LogP contribution < -0.4 is 5.32 Å². The van der Waals surface area contributed by atoms with Crippen molar-refractivity contribution in [1.29, 1.82) is 0 Å². The summed E-state index contributed by atoms with van der Waals surface area (Å²) in [7, 11) is 0. The predicted octanol–water partition coefficient (Wildman–Crippen LogP) is 2.57. The molecule has 0 amide bonds. The van der Waals surface area contributed by atoms with Gasteiger partial charge in [-0.25, -0.2) is 0 Å². The maximum Gasteiger partial charge on any atom is 0.0235 e. The van der Waals surface area contributed by atoms with Crippen molar-refractivity contribution in [3.63, 3.8) is 0 Å². The van der Waals surface area contributed by atoms with E-state index in [1.54, 1.807) is 0 Å². The highest BCUT2D eigenvalue weighted by Gasteiger charge is 2.29. The number of likely N-dealkylation sites (tertiary alicyclic amines) is 1. The van der Waals surface area contributed by atoms with Crippen LogP contribution in [0.15, 0.2) is 0 Å². The zero-order chi connectivity index (χ0) is 14.3. The Kier molecular flexibility index (Phi) is 7.96. The highest BCUT2D eigenvalue weighted by Crippen LogP contribution is 2.19. The SMILES string of the molecule is CCCNC(C)CC(C)N1CCC(N(CC)CC)C1. The van der Waals surface area contributed by atoms with Gasteiger partial charge >= 0.3 is 0 Å². The first-order valence-corrected chi connectivity index (χ1v) is 8.33. The molecule has 0 aromatic rings. The number of likely N-dealkylation sites (N-methyl/N-ethyl adjacent to an activating group) is 1. The average Bonchev–Trinajstić information content (AvgIpc) is 2.87. The van der Waals surface area contributed by atoms with Crippen LogP contribution in [0.2, 0.25) is 0 Å². The Balaban J connectivity index is 2.32. The second kappa shape index (κ2) is 8.93. The van der Waals surface area contributed by atoms with E-state index < -0.39 is 0 Å². The molecule has 3 unspecified atom stereocenters. The van der Waals surface area contributed by atoms with Crippen molar-refractivity contribution in [2.75, 3.05) is 32.7 Å². The lowest BCUT2D eigenvalue weighted by atomic mass is 10.1. The van der Waals surface area contributed by atoms with Gasteiger partial charge in [-0.2, -0.15) is 0 Å². The Hall–Kier alpha value is -0.120. The molecule has 0 spiro atoms. The molecule has 19 heavy (non-hydrogen) atoms. The lowest BCUT2D eigenvalue weighted by molar-refractivity contribution is 0.183. The van der Waals surface area contributed by atoms with Crippen LogP contribution in [0.5, 0.6) is 0 Å². The third kappa shape index (κ3) is 5.41. The van der Waals surface area contributed by atoms with Crippen molar-refractivity contribution in [1.82, 2.24) is 15.1 Å². The van der Waals surface area contributed by atoms with Gasteiger partial charge in [-0.15, -0.1) is 0 Å². The first-order valence-electron chi connectivity index (χ1n) is 8.33. The molecule has 1 aliphatic rings. The van der Waals surface area contributed by atoms with Gasteiger partial charge < -0.3 is 5.32 Å². The molecule has 0 aromatic carbocycles. The molecular weight excluding hydrogens is 234 g/mol. The van der Waals surface area contributed by atoms with Crippen LogP contribution in [-0.4, -0.2) is 60.6 Å². The van der Waals surface area contributed by atoms with E-state index in [9.17, 15) is 0 Å². The minimum absolute atomic E-state index is 0.641. The largest absolute Gasteiger partial charge is 0.314 e. The molecule has 3 heteroatoms. The van der Waals surface area contributed by atoms with Crippen LogP contribution in [-0.2, 0) is 0 Å². The molecule has 1 rings (SSSR count). The minimum Gasteiger partial charge on any atom is -0.314 e. The summed E-state index contributed by atoms with van der Waals surface area (Å²) >= 11 is 0. The van der Waals surface area contributed by atoms with E-state index in [0.717, 1.165) is 12.6 Å². The third-order valence-corrected chi connectivity index (χ3v) is 4.58. The molecule has 1 N–H and O–H groups in total. The zero-order valence-electron chi connectivity index (χ0n) is 13.8. The van der Waals surface area contributed by atoms with Crippen LogP contribution in [0.1, 0.15) is 53.9 Å². The van der Waals surface area contributed by atoms with Crippen LogP contribution in [0, 0.1) is 0 Å². The van der Waals surface area contributed by atoms with Gasteiger partial charge in [0.25, 0.3) is 0 Å². The van der Waals surface area contributed by atoms with Gasteiger partial charge in [-0.05, 0) is 52.7 Å². The lowest BCUT2D eigenvalue weighted by Gasteiger charge is -2.30. The van der Waals surface area contributed by atoms with Crippen molar-refractivity contribution in [3.8, 4) is 0 Å². The molecule has 1 aliphatic heterocycles. The van der Waals surface area contributed by atoms with Crippen LogP contribution in [0.4, 0.5) is 0 Å². The predicted molar refractivity (Wildman–Crippen MR) is 84.7 cm³/mol. The van der Waals surface area contributed by atoms with E-state index in [2.05, 4.69) is 49.7 Å². The first-order chi connectivity index (χ1) is 9.12. The van der Waals surface area contributed by atoms with E-state index in [1.165, 1.54) is 45.4 Å². The van der Waals surface area contributed by atoms with E-state index in [1.807, 2.05) is 0 Å². The van der Waals surface area contributed by atoms with Crippen molar-refractivity contribution in [2.45, 2.75) is 72.0 Å². The summed E-state index contributed by atoms with van der Waals surface area (Å²) in [4.78, 5) is 5.30. The molecule has 1 fully saturated rings. The molecule has 3 nitrogen and oxygen atoms in total. The number of nitrogens with zero attached hydrogens (tertiary/aromatic N) is 2. The maximum atomic E-state index is 3.61. The maximum absolute atomic E-state index is 3.61. The van der Waals surface area contributed by atoms with Crippen LogP contribution in [0.3, 0.4) is 0 Å². The molecule has 0 aromatic heterocycles. The zero-order valence-corrected chi connectivity index (χ0v) is 13.8. The first kappa shape index (κ1) is 16.9. The summed E-state index contributed by atoms with van der Waals surface area (Å²) in [5.74, 6) is 0. The second-order valence-corrected chi connectivity index (χ2v) is 6.10. The van der Waals surface area contributed by atoms with Crippen LogP contribution in [0.25, 0.3) is 0 Å². The summed E-state index contributed by atoms with van der Waals surface area (Å²) in [6, 6.07) is 2.14. The quantitative estimate of drug-likeness (QED) is 0.694. The fourth-order valence-corrected chi connectivity index (χ4v) is 3.34. The molecular formula is C16H35N3. The van der Waals surface area contributed by atoms with E-state index in [-0.39, 0.29) is 0 Å². The summed E-state index contributed by atoms with van der Waals surface area (Å²) in [6.07, 6.45) is 3.85. The third-order valence-electron chi connectivity index (χ3n) is 4.58. The molecule has 0 aliphatic carbocycles. The van der Waals surface area contributed by atoms with Crippen molar-refractivity contribution in [2.24, 2.45) is 0 Å². The summed E-state index contributed by atoms with van der Waals surface area (Å²) in [5, 5.41) is 3.61. The molecule has 0 saturated carbocycles. The summed E-state index contributed by atoms with van der Waals surface area (Å²) in [5.41, 5.74) is 0. The molecule has 1 heterocycles. The van der Waals surface area contributed by atoms with Gasteiger partial charge in [-0.1, -0.05) is 20.8 Å². The Morgan fingerprint density at radius 1 is 1.21 bits per heavy atom. The number of hydrogen-bond acceptors (Lipinski definition) is 3. The topological polar surface area (TPSA) is 18.5 Å². The molecule has 0 bridgehead atoms. The highest BCUT2D eigenvalue weighted by atomic mass is 15.3. The summed E-state index contributed by atoms with van der Waals surface area (Å²) < 4.78 is 0. The Labute approximate surface area is 120 Å². The Morgan fingerprint density at radius 3 is 2.47 bits per heavy atom. The highest BCUT2D eigenvalue weighted by molar-refractivity contribution is 4.86. The molecule has 1 saturated heterocycles. The smallest absolute Gasteiger partial charge is 0.0235 e. The number of hydrogen-bond donors (Lipinski definition) is 1. The van der Waals surface area contributed by atoms with Gasteiger partial charge in [0, 0.05) is 31.2 Å².